The number of nitrogens with zero attached hydrogens (tertiary/aromatic N) is 1. The third-order valence-electron chi connectivity index (χ3n) is 3.82. The van der Waals surface area contributed by atoms with Crippen molar-refractivity contribution in [2.24, 2.45) is 5.14 Å². The SMILES string of the molecule is COc1ccc(-c2noc(C)c2-c2ccc(S(N)(=O)=O)c(F)c2)cc1Cl. The van der Waals surface area contributed by atoms with E-state index in [1.165, 1.54) is 13.2 Å². The van der Waals surface area contributed by atoms with E-state index < -0.39 is 20.7 Å². The van der Waals surface area contributed by atoms with Crippen molar-refractivity contribution in [2.45, 2.75) is 11.8 Å². The molecule has 0 aliphatic heterocycles. The van der Waals surface area contributed by atoms with Crippen LogP contribution in [0.3, 0.4) is 0 Å². The number of primary sulfonamides is 1. The Labute approximate surface area is 154 Å². The van der Waals surface area contributed by atoms with E-state index in [-0.39, 0.29) is 0 Å². The van der Waals surface area contributed by atoms with Crippen molar-refractivity contribution in [3.63, 3.8) is 0 Å². The Morgan fingerprint density at radius 1 is 1.19 bits per heavy atom. The summed E-state index contributed by atoms with van der Waals surface area (Å²) < 4.78 is 47.4. The van der Waals surface area contributed by atoms with Crippen molar-refractivity contribution in [1.29, 1.82) is 0 Å². The van der Waals surface area contributed by atoms with Crippen LogP contribution in [-0.4, -0.2) is 20.7 Å². The number of nitrogens with two attached hydrogens (primary N) is 1. The van der Waals surface area contributed by atoms with E-state index in [1.54, 1.807) is 25.1 Å². The average molecular weight is 397 g/mol. The molecular weight excluding hydrogens is 383 g/mol. The van der Waals surface area contributed by atoms with Crippen LogP contribution < -0.4 is 9.88 Å². The number of aryl methyl sites for hydroxylation is 1. The molecule has 0 saturated heterocycles. The van der Waals surface area contributed by atoms with E-state index in [1.807, 2.05) is 0 Å². The zero-order chi connectivity index (χ0) is 19.1. The summed E-state index contributed by atoms with van der Waals surface area (Å²) in [6, 6.07) is 8.69. The maximum Gasteiger partial charge on any atom is 0.240 e. The van der Waals surface area contributed by atoms with E-state index in [0.717, 1.165) is 12.1 Å². The van der Waals surface area contributed by atoms with Gasteiger partial charge in [0.1, 0.15) is 27.9 Å². The average Bonchev–Trinajstić information content (AvgIpc) is 2.95. The Balaban J connectivity index is 2.15. The molecule has 3 aromatic rings. The van der Waals surface area contributed by atoms with Crippen LogP contribution in [0.25, 0.3) is 22.4 Å². The Bertz CT molecular complexity index is 1100. The van der Waals surface area contributed by atoms with Crippen LogP contribution in [0.15, 0.2) is 45.8 Å². The summed E-state index contributed by atoms with van der Waals surface area (Å²) in [6.07, 6.45) is 0. The molecule has 2 N–H and O–H groups in total. The van der Waals surface area contributed by atoms with Crippen LogP contribution in [-0.2, 0) is 10.0 Å². The zero-order valence-corrected chi connectivity index (χ0v) is 15.4. The molecule has 0 saturated carbocycles. The molecule has 0 aliphatic carbocycles. The highest BCUT2D eigenvalue weighted by Gasteiger charge is 2.21. The first kappa shape index (κ1) is 18.4. The third kappa shape index (κ3) is 3.31. The maximum atomic E-state index is 14.2. The standard InChI is InChI=1S/C17H14ClFN2O4S/c1-9-16(10-4-6-15(13(19)8-10)26(20,22)23)17(21-25-9)11-3-5-14(24-2)12(18)7-11/h3-8H,1-2H3,(H2,20,22,23). The van der Waals surface area contributed by atoms with Crippen molar-refractivity contribution < 1.29 is 22.1 Å². The van der Waals surface area contributed by atoms with Gasteiger partial charge in [0.2, 0.25) is 10.0 Å². The van der Waals surface area contributed by atoms with Crippen molar-refractivity contribution in [1.82, 2.24) is 5.16 Å². The lowest BCUT2D eigenvalue weighted by Crippen LogP contribution is -2.13. The first-order valence-corrected chi connectivity index (χ1v) is 9.27. The Hall–Kier alpha value is -2.42. The lowest BCUT2D eigenvalue weighted by atomic mass is 9.99. The molecule has 26 heavy (non-hydrogen) atoms. The van der Waals surface area contributed by atoms with E-state index in [4.69, 9.17) is 26.0 Å². The molecule has 3 rings (SSSR count). The van der Waals surface area contributed by atoms with Crippen molar-refractivity contribution in [3.8, 4) is 28.1 Å². The Morgan fingerprint density at radius 3 is 2.46 bits per heavy atom. The minimum Gasteiger partial charge on any atom is -0.495 e. The predicted octanol–water partition coefficient (Wildman–Crippen LogP) is 3.77. The minimum absolute atomic E-state index is 0.382. The van der Waals surface area contributed by atoms with Gasteiger partial charge in [0, 0.05) is 5.56 Å². The molecule has 136 valence electrons. The summed E-state index contributed by atoms with van der Waals surface area (Å²) in [5.74, 6) is -0.0141. The molecule has 1 heterocycles. The Morgan fingerprint density at radius 2 is 1.88 bits per heavy atom. The van der Waals surface area contributed by atoms with Crippen LogP contribution in [0, 0.1) is 12.7 Å². The number of halogens is 2. The minimum atomic E-state index is -4.15. The fraction of sp³-hybridized carbons (Fsp3) is 0.118. The number of hydrogen-bond acceptors (Lipinski definition) is 5. The highest BCUT2D eigenvalue weighted by molar-refractivity contribution is 7.89. The van der Waals surface area contributed by atoms with Crippen LogP contribution in [0.4, 0.5) is 4.39 Å². The normalized spacial score (nSPS) is 11.6. The second-order valence-electron chi connectivity index (χ2n) is 5.50. The van der Waals surface area contributed by atoms with Crippen LogP contribution in [0.2, 0.25) is 5.02 Å². The largest absolute Gasteiger partial charge is 0.495 e. The van der Waals surface area contributed by atoms with Crippen LogP contribution in [0.1, 0.15) is 5.76 Å². The summed E-state index contributed by atoms with van der Waals surface area (Å²) in [7, 11) is -2.65. The van der Waals surface area contributed by atoms with Gasteiger partial charge in [0.15, 0.2) is 0 Å². The van der Waals surface area contributed by atoms with Crippen molar-refractivity contribution in [3.05, 3.63) is 53.0 Å². The first-order chi connectivity index (χ1) is 12.2. The zero-order valence-electron chi connectivity index (χ0n) is 13.8. The molecule has 0 fully saturated rings. The van der Waals surface area contributed by atoms with E-state index in [2.05, 4.69) is 5.16 Å². The number of ether oxygens (including phenoxy) is 1. The lowest BCUT2D eigenvalue weighted by Gasteiger charge is -2.08. The molecule has 0 atom stereocenters. The number of benzene rings is 2. The van der Waals surface area contributed by atoms with E-state index in [0.29, 0.717) is 38.9 Å². The number of methoxy groups -OCH3 is 1. The van der Waals surface area contributed by atoms with Gasteiger partial charge in [-0.2, -0.15) is 0 Å². The summed E-state index contributed by atoms with van der Waals surface area (Å²) in [6.45, 7) is 1.67. The monoisotopic (exact) mass is 396 g/mol. The molecule has 1 aromatic heterocycles. The van der Waals surface area contributed by atoms with E-state index >= 15 is 0 Å². The summed E-state index contributed by atoms with van der Waals surface area (Å²) in [4.78, 5) is -0.579. The molecule has 9 heteroatoms. The molecule has 0 aliphatic rings. The van der Waals surface area contributed by atoms with Crippen molar-refractivity contribution >= 4 is 21.6 Å². The quantitative estimate of drug-likeness (QED) is 0.724. The van der Waals surface area contributed by atoms with Gasteiger partial charge < -0.3 is 9.26 Å². The molecule has 2 aromatic carbocycles. The van der Waals surface area contributed by atoms with Gasteiger partial charge in [-0.3, -0.25) is 0 Å². The topological polar surface area (TPSA) is 95.4 Å². The van der Waals surface area contributed by atoms with E-state index in [9.17, 15) is 12.8 Å². The number of aromatic nitrogens is 1. The summed E-state index contributed by atoms with van der Waals surface area (Å²) in [5.41, 5.74) is 2.00. The molecule has 0 radical (unpaired) electrons. The highest BCUT2D eigenvalue weighted by atomic mass is 35.5. The molecule has 0 unspecified atom stereocenters. The number of sulfonamides is 1. The third-order valence-corrected chi connectivity index (χ3v) is 5.05. The van der Waals surface area contributed by atoms with Crippen LogP contribution in [0.5, 0.6) is 5.75 Å². The summed E-state index contributed by atoms with van der Waals surface area (Å²) in [5, 5.41) is 9.40. The maximum absolute atomic E-state index is 14.2. The molecule has 0 spiro atoms. The van der Waals surface area contributed by atoms with Gasteiger partial charge in [-0.25, -0.2) is 17.9 Å². The fourth-order valence-corrected chi connectivity index (χ4v) is 3.46. The molecule has 0 amide bonds. The molecular formula is C17H14ClFN2O4S. The molecule has 0 bridgehead atoms. The van der Waals surface area contributed by atoms with Gasteiger partial charge in [-0.15, -0.1) is 0 Å². The highest BCUT2D eigenvalue weighted by Crippen LogP contribution is 2.37. The Kier molecular flexibility index (Phi) is 4.74. The van der Waals surface area contributed by atoms with Crippen LogP contribution >= 0.6 is 11.6 Å². The second kappa shape index (κ2) is 6.71. The second-order valence-corrected chi connectivity index (χ2v) is 7.44. The van der Waals surface area contributed by atoms with Gasteiger partial charge in [-0.1, -0.05) is 22.8 Å². The van der Waals surface area contributed by atoms with Gasteiger partial charge in [0.25, 0.3) is 0 Å². The fourth-order valence-electron chi connectivity index (χ4n) is 2.61. The number of hydrogen-bond donors (Lipinski definition) is 1. The smallest absolute Gasteiger partial charge is 0.240 e. The molecule has 6 nitrogen and oxygen atoms in total. The first-order valence-electron chi connectivity index (χ1n) is 7.35. The predicted molar refractivity (Wildman–Crippen MR) is 95.0 cm³/mol. The lowest BCUT2D eigenvalue weighted by molar-refractivity contribution is 0.400. The van der Waals surface area contributed by atoms with Gasteiger partial charge in [0.05, 0.1) is 17.7 Å². The van der Waals surface area contributed by atoms with Gasteiger partial charge >= 0.3 is 0 Å². The van der Waals surface area contributed by atoms with Gasteiger partial charge in [-0.05, 0) is 42.8 Å². The summed E-state index contributed by atoms with van der Waals surface area (Å²) >= 11 is 6.16. The number of rotatable bonds is 4. The van der Waals surface area contributed by atoms with Crippen molar-refractivity contribution in [2.75, 3.05) is 7.11 Å².